The van der Waals surface area contributed by atoms with Gasteiger partial charge in [0.15, 0.2) is 0 Å². The summed E-state index contributed by atoms with van der Waals surface area (Å²) >= 11 is 4.93. The predicted molar refractivity (Wildman–Crippen MR) is 99.3 cm³/mol. The highest BCUT2D eigenvalue weighted by Crippen LogP contribution is 2.27. The number of nitrogens with two attached hydrogens (primary N) is 1. The summed E-state index contributed by atoms with van der Waals surface area (Å²) in [7, 11) is 1.55. The molecule has 0 aliphatic heterocycles. The molecule has 0 radical (unpaired) electrons. The van der Waals surface area contributed by atoms with Crippen molar-refractivity contribution < 1.29 is 4.79 Å². The van der Waals surface area contributed by atoms with E-state index in [0.29, 0.717) is 0 Å². The fourth-order valence-electron chi connectivity index (χ4n) is 1.92. The molecular weight excluding hydrogens is 394 g/mol. The van der Waals surface area contributed by atoms with Gasteiger partial charge in [-0.15, -0.1) is 11.3 Å². The highest BCUT2D eigenvalue weighted by atomic mass is 79.9. The van der Waals surface area contributed by atoms with E-state index in [-0.39, 0.29) is 23.3 Å². The Morgan fingerprint density at radius 1 is 1.46 bits per heavy atom. The van der Waals surface area contributed by atoms with Gasteiger partial charge >= 0.3 is 0 Å². The Kier molecular flexibility index (Phi) is 6.04. The normalized spacial score (nSPS) is 13.2. The van der Waals surface area contributed by atoms with E-state index in [0.717, 1.165) is 13.3 Å². The molecule has 0 fully saturated rings. The van der Waals surface area contributed by atoms with Gasteiger partial charge in [-0.25, -0.2) is 0 Å². The van der Waals surface area contributed by atoms with E-state index in [2.05, 4.69) is 31.3 Å². The second kappa shape index (κ2) is 8.02. The zero-order valence-corrected chi connectivity index (χ0v) is 15.5. The molecule has 2 rings (SSSR count). The number of halogens is 1. The first kappa shape index (κ1) is 18.1. The molecule has 1 atom stereocenters. The maximum Gasteiger partial charge on any atom is 0.272 e. The van der Waals surface area contributed by atoms with Crippen LogP contribution in [0.3, 0.4) is 0 Å². The number of hydrogen-bond donors (Lipinski definition) is 2. The minimum Gasteiger partial charge on any atom is -0.403 e. The van der Waals surface area contributed by atoms with E-state index >= 15 is 0 Å². The number of amides is 1. The van der Waals surface area contributed by atoms with Crippen LogP contribution in [-0.2, 0) is 0 Å². The number of hydrogen-bond acceptors (Lipinski definition) is 6. The molecule has 126 valence electrons. The van der Waals surface area contributed by atoms with Gasteiger partial charge in [0.2, 0.25) is 0 Å². The van der Waals surface area contributed by atoms with Crippen molar-refractivity contribution in [2.45, 2.75) is 13.0 Å². The Hall–Kier alpha value is -2.26. The van der Waals surface area contributed by atoms with Crippen LogP contribution in [-0.4, -0.2) is 28.9 Å². The zero-order chi connectivity index (χ0) is 17.7. The van der Waals surface area contributed by atoms with Crippen LogP contribution in [0.5, 0.6) is 0 Å². The van der Waals surface area contributed by atoms with Gasteiger partial charge in [-0.3, -0.25) is 14.6 Å². The molecule has 0 unspecified atom stereocenters. The van der Waals surface area contributed by atoms with Gasteiger partial charge in [-0.1, -0.05) is 0 Å². The number of nitrogens with zero attached hydrogens (tertiary/aromatic N) is 3. The third kappa shape index (κ3) is 4.18. The lowest BCUT2D eigenvalue weighted by Gasteiger charge is -2.12. The Bertz CT molecular complexity index is 856. The smallest absolute Gasteiger partial charge is 0.272 e. The van der Waals surface area contributed by atoms with E-state index in [4.69, 9.17) is 5.73 Å². The van der Waals surface area contributed by atoms with Crippen LogP contribution in [0.25, 0.3) is 5.70 Å². The van der Waals surface area contributed by atoms with Crippen LogP contribution >= 0.6 is 27.3 Å². The highest BCUT2D eigenvalue weighted by molar-refractivity contribution is 9.11. The van der Waals surface area contributed by atoms with Gasteiger partial charge in [0.1, 0.15) is 11.4 Å². The molecule has 1 amide bonds. The summed E-state index contributed by atoms with van der Waals surface area (Å²) in [6.45, 7) is 1.88. The van der Waals surface area contributed by atoms with Gasteiger partial charge in [0.05, 0.1) is 9.83 Å². The summed E-state index contributed by atoms with van der Waals surface area (Å²) in [5.41, 5.74) is 5.48. The van der Waals surface area contributed by atoms with Crippen molar-refractivity contribution in [1.82, 2.24) is 15.1 Å². The SMILES string of the molecule is CN=CC(=CN)n1nc(C(=O)N[C@H](C)c2ccc(Br)s2)ccc1=O. The van der Waals surface area contributed by atoms with Crippen molar-refractivity contribution in [3.63, 3.8) is 0 Å². The number of allylic oxidation sites excluding steroid dienone is 1. The average Bonchev–Trinajstić information content (AvgIpc) is 3.00. The lowest BCUT2D eigenvalue weighted by atomic mass is 10.2. The largest absolute Gasteiger partial charge is 0.403 e. The minimum absolute atomic E-state index is 0.112. The van der Waals surface area contributed by atoms with E-state index in [1.54, 1.807) is 7.05 Å². The molecule has 9 heteroatoms. The fourth-order valence-corrected chi connectivity index (χ4v) is 3.35. The molecule has 0 saturated heterocycles. The van der Waals surface area contributed by atoms with E-state index in [9.17, 15) is 9.59 Å². The maximum atomic E-state index is 12.4. The second-order valence-electron chi connectivity index (χ2n) is 4.78. The number of carbonyl (C=O) groups excluding carboxylic acids is 1. The zero-order valence-electron chi connectivity index (χ0n) is 13.1. The monoisotopic (exact) mass is 409 g/mol. The maximum absolute atomic E-state index is 12.4. The Morgan fingerprint density at radius 2 is 2.21 bits per heavy atom. The van der Waals surface area contributed by atoms with Gasteiger partial charge in [-0.05, 0) is 41.1 Å². The molecule has 24 heavy (non-hydrogen) atoms. The minimum atomic E-state index is -0.404. The first-order chi connectivity index (χ1) is 11.5. The lowest BCUT2D eigenvalue weighted by molar-refractivity contribution is 0.0933. The van der Waals surface area contributed by atoms with Gasteiger partial charge in [0, 0.05) is 30.4 Å². The topological polar surface area (TPSA) is 102 Å². The van der Waals surface area contributed by atoms with Crippen molar-refractivity contribution >= 4 is 45.1 Å². The lowest BCUT2D eigenvalue weighted by Crippen LogP contribution is -2.31. The molecular formula is C15H16BrN5O2S. The highest BCUT2D eigenvalue weighted by Gasteiger charge is 2.15. The number of thiophene rings is 1. The Morgan fingerprint density at radius 3 is 2.79 bits per heavy atom. The fraction of sp³-hybridized carbons (Fsp3) is 0.200. The molecule has 0 aliphatic carbocycles. The molecule has 0 aromatic carbocycles. The van der Waals surface area contributed by atoms with Gasteiger partial charge in [-0.2, -0.15) is 9.78 Å². The Labute approximate surface area is 151 Å². The number of aliphatic imine (C=N–C) groups is 1. The van der Waals surface area contributed by atoms with Gasteiger partial charge < -0.3 is 11.1 Å². The van der Waals surface area contributed by atoms with Crippen molar-refractivity contribution in [2.24, 2.45) is 10.7 Å². The first-order valence-electron chi connectivity index (χ1n) is 6.97. The van der Waals surface area contributed by atoms with Gasteiger partial charge in [0.25, 0.3) is 11.5 Å². The summed E-state index contributed by atoms with van der Waals surface area (Å²) in [5, 5.41) is 6.91. The third-order valence-electron chi connectivity index (χ3n) is 3.08. The molecule has 0 aliphatic rings. The van der Waals surface area contributed by atoms with E-state index in [1.807, 2.05) is 19.1 Å². The first-order valence-corrected chi connectivity index (χ1v) is 8.58. The molecule has 0 saturated carbocycles. The number of rotatable bonds is 5. The number of nitrogens with one attached hydrogen (secondary N) is 1. The van der Waals surface area contributed by atoms with Crippen molar-refractivity contribution in [1.29, 1.82) is 0 Å². The van der Waals surface area contributed by atoms with Crippen molar-refractivity contribution in [2.75, 3.05) is 7.05 Å². The molecule has 2 aromatic heterocycles. The van der Waals surface area contributed by atoms with Crippen LogP contribution < -0.4 is 16.6 Å². The summed E-state index contributed by atoms with van der Waals surface area (Å²) in [5.74, 6) is -0.384. The van der Waals surface area contributed by atoms with E-state index in [1.165, 1.54) is 35.9 Å². The molecule has 2 aromatic rings. The number of carbonyl (C=O) groups is 1. The summed E-state index contributed by atoms with van der Waals surface area (Å²) in [6.07, 6.45) is 2.59. The molecule has 2 heterocycles. The summed E-state index contributed by atoms with van der Waals surface area (Å²) in [4.78, 5) is 29.1. The number of aromatic nitrogens is 2. The predicted octanol–water partition coefficient (Wildman–Crippen LogP) is 2.02. The molecule has 3 N–H and O–H groups in total. The summed E-state index contributed by atoms with van der Waals surface area (Å²) < 4.78 is 2.02. The van der Waals surface area contributed by atoms with Crippen LogP contribution in [0.2, 0.25) is 0 Å². The molecule has 0 spiro atoms. The second-order valence-corrected chi connectivity index (χ2v) is 7.28. The van der Waals surface area contributed by atoms with Crippen LogP contribution in [0.4, 0.5) is 0 Å². The van der Waals surface area contributed by atoms with Crippen molar-refractivity contribution in [3.05, 3.63) is 55.2 Å². The molecule has 0 bridgehead atoms. The average molecular weight is 410 g/mol. The molecule has 7 nitrogen and oxygen atoms in total. The standard InChI is InChI=1S/C15H16BrN5O2S/c1-9(12-4-5-13(16)24-12)19-15(23)11-3-6-14(22)21(20-11)10(7-17)8-18-2/h3-9H,17H2,1-2H3,(H,19,23)/t9-/m1/s1. The quantitative estimate of drug-likeness (QED) is 0.737. The van der Waals surface area contributed by atoms with Crippen LogP contribution in [0, 0.1) is 0 Å². The van der Waals surface area contributed by atoms with Crippen molar-refractivity contribution in [3.8, 4) is 0 Å². The van der Waals surface area contributed by atoms with Crippen LogP contribution in [0.1, 0.15) is 28.3 Å². The van der Waals surface area contributed by atoms with E-state index < -0.39 is 5.56 Å². The third-order valence-corrected chi connectivity index (χ3v) is 4.88. The Balaban J connectivity index is 2.25. The van der Waals surface area contributed by atoms with Crippen LogP contribution in [0.15, 0.2) is 44.0 Å². The summed E-state index contributed by atoms with van der Waals surface area (Å²) in [6, 6.07) is 6.31.